The Morgan fingerprint density at radius 2 is 1.52 bits per heavy atom. The summed E-state index contributed by atoms with van der Waals surface area (Å²) in [6, 6.07) is 0. The SMILES string of the molecule is CO[C@@H]1O[C@H](CNC(C)=O)[C@H](O[C@H]2O[C@H](CO)[C@H](O)[C@H](O)[C@H]2O)[C@H](O)[C@H]1O. The van der Waals surface area contributed by atoms with Crippen molar-refractivity contribution in [2.45, 2.75) is 68.3 Å². The maximum Gasteiger partial charge on any atom is 0.216 e. The molecule has 2 heterocycles. The lowest BCUT2D eigenvalue weighted by atomic mass is 9.96. The number of carbonyl (C=O) groups is 1. The van der Waals surface area contributed by atoms with Crippen molar-refractivity contribution >= 4 is 5.91 Å². The summed E-state index contributed by atoms with van der Waals surface area (Å²) in [7, 11) is 1.26. The number of hydrogen-bond acceptors (Lipinski definition) is 11. The molecule has 0 unspecified atom stereocenters. The molecule has 27 heavy (non-hydrogen) atoms. The predicted octanol–water partition coefficient (Wildman–Crippen LogP) is -4.60. The van der Waals surface area contributed by atoms with Gasteiger partial charge < -0.3 is 54.9 Å². The highest BCUT2D eigenvalue weighted by Crippen LogP contribution is 2.29. The molecular formula is C15H27NO11. The zero-order valence-electron chi connectivity index (χ0n) is 14.9. The second kappa shape index (κ2) is 9.52. The third-order valence-corrected chi connectivity index (χ3v) is 4.56. The molecule has 0 aromatic rings. The number of carbonyl (C=O) groups excluding carboxylic acids is 1. The van der Waals surface area contributed by atoms with Crippen molar-refractivity contribution in [1.82, 2.24) is 5.32 Å². The fourth-order valence-electron chi connectivity index (χ4n) is 3.01. The van der Waals surface area contributed by atoms with Crippen LogP contribution in [0.2, 0.25) is 0 Å². The van der Waals surface area contributed by atoms with Gasteiger partial charge in [0, 0.05) is 20.6 Å². The Morgan fingerprint density at radius 1 is 0.926 bits per heavy atom. The molecule has 0 saturated carbocycles. The van der Waals surface area contributed by atoms with Gasteiger partial charge in [-0.05, 0) is 0 Å². The second-order valence-electron chi connectivity index (χ2n) is 6.49. The molecule has 0 bridgehead atoms. The van der Waals surface area contributed by atoms with Crippen molar-refractivity contribution in [3.63, 3.8) is 0 Å². The van der Waals surface area contributed by atoms with Crippen molar-refractivity contribution in [3.8, 4) is 0 Å². The zero-order valence-corrected chi connectivity index (χ0v) is 14.9. The summed E-state index contributed by atoms with van der Waals surface area (Å²) < 4.78 is 21.2. The number of ether oxygens (including phenoxy) is 4. The van der Waals surface area contributed by atoms with Crippen molar-refractivity contribution in [1.29, 1.82) is 0 Å². The molecule has 0 aromatic heterocycles. The topological polar surface area (TPSA) is 187 Å². The Labute approximate surface area is 155 Å². The summed E-state index contributed by atoms with van der Waals surface area (Å²) in [4.78, 5) is 11.2. The lowest BCUT2D eigenvalue weighted by Crippen LogP contribution is -2.65. The summed E-state index contributed by atoms with van der Waals surface area (Å²) in [6.07, 6.45) is -14.2. The summed E-state index contributed by atoms with van der Waals surface area (Å²) in [5.74, 6) is -0.375. The second-order valence-corrected chi connectivity index (χ2v) is 6.49. The van der Waals surface area contributed by atoms with E-state index in [2.05, 4.69) is 5.32 Å². The number of aliphatic hydroxyl groups is 6. The first-order valence-corrected chi connectivity index (χ1v) is 8.46. The van der Waals surface area contributed by atoms with E-state index in [1.807, 2.05) is 0 Å². The van der Waals surface area contributed by atoms with Crippen LogP contribution in [0.25, 0.3) is 0 Å². The van der Waals surface area contributed by atoms with Gasteiger partial charge in [-0.3, -0.25) is 4.79 Å². The van der Waals surface area contributed by atoms with Gasteiger partial charge in [-0.15, -0.1) is 0 Å². The predicted molar refractivity (Wildman–Crippen MR) is 85.0 cm³/mol. The molecule has 12 heteroatoms. The number of rotatable bonds is 6. The summed E-state index contributed by atoms with van der Waals surface area (Å²) in [5.41, 5.74) is 0. The zero-order chi connectivity index (χ0) is 20.3. The van der Waals surface area contributed by atoms with E-state index in [0.29, 0.717) is 0 Å². The van der Waals surface area contributed by atoms with Crippen molar-refractivity contribution in [3.05, 3.63) is 0 Å². The van der Waals surface area contributed by atoms with Gasteiger partial charge in [0.25, 0.3) is 0 Å². The van der Waals surface area contributed by atoms with Crippen molar-refractivity contribution in [2.24, 2.45) is 0 Å². The van der Waals surface area contributed by atoms with E-state index in [4.69, 9.17) is 18.9 Å². The van der Waals surface area contributed by atoms with E-state index >= 15 is 0 Å². The Kier molecular flexibility index (Phi) is 7.88. The number of amides is 1. The van der Waals surface area contributed by atoms with E-state index < -0.39 is 68.0 Å². The molecule has 2 aliphatic heterocycles. The van der Waals surface area contributed by atoms with Crippen molar-refractivity contribution in [2.75, 3.05) is 20.3 Å². The van der Waals surface area contributed by atoms with Gasteiger partial charge in [-0.1, -0.05) is 0 Å². The smallest absolute Gasteiger partial charge is 0.216 e. The summed E-state index contributed by atoms with van der Waals surface area (Å²) in [6.45, 7) is 0.509. The molecule has 2 fully saturated rings. The number of methoxy groups -OCH3 is 1. The number of aliphatic hydroxyl groups excluding tert-OH is 6. The molecule has 0 spiro atoms. The number of hydrogen-bond donors (Lipinski definition) is 7. The molecule has 1 amide bonds. The highest BCUT2D eigenvalue weighted by Gasteiger charge is 2.50. The Balaban J connectivity index is 2.16. The first kappa shape index (κ1) is 22.4. The Hall–Kier alpha value is -0.930. The maximum atomic E-state index is 11.2. The molecule has 2 aliphatic rings. The van der Waals surface area contributed by atoms with E-state index in [9.17, 15) is 35.4 Å². The van der Waals surface area contributed by atoms with Crippen LogP contribution in [0.15, 0.2) is 0 Å². The van der Waals surface area contributed by atoms with Gasteiger partial charge in [0.2, 0.25) is 5.91 Å². The van der Waals surface area contributed by atoms with Crippen LogP contribution in [0.4, 0.5) is 0 Å². The molecule has 158 valence electrons. The maximum absolute atomic E-state index is 11.2. The van der Waals surface area contributed by atoms with Gasteiger partial charge in [-0.25, -0.2) is 0 Å². The third kappa shape index (κ3) is 4.92. The minimum atomic E-state index is -1.70. The van der Waals surface area contributed by atoms with Crippen LogP contribution in [0, 0.1) is 0 Å². The quantitative estimate of drug-likeness (QED) is 0.228. The monoisotopic (exact) mass is 397 g/mol. The Bertz CT molecular complexity index is 492. The average molecular weight is 397 g/mol. The molecule has 2 saturated heterocycles. The third-order valence-electron chi connectivity index (χ3n) is 4.56. The molecule has 7 N–H and O–H groups in total. The molecule has 12 nitrogen and oxygen atoms in total. The van der Waals surface area contributed by atoms with Crippen LogP contribution in [0.5, 0.6) is 0 Å². The number of nitrogens with one attached hydrogen (secondary N) is 1. The Morgan fingerprint density at radius 3 is 2.07 bits per heavy atom. The van der Waals surface area contributed by atoms with E-state index in [0.717, 1.165) is 0 Å². The van der Waals surface area contributed by atoms with Crippen LogP contribution in [0.3, 0.4) is 0 Å². The summed E-state index contributed by atoms with van der Waals surface area (Å²) in [5, 5.41) is 61.9. The summed E-state index contributed by atoms with van der Waals surface area (Å²) >= 11 is 0. The van der Waals surface area contributed by atoms with E-state index in [-0.39, 0.29) is 12.5 Å². The largest absolute Gasteiger partial charge is 0.394 e. The minimum absolute atomic E-state index is 0.110. The lowest BCUT2D eigenvalue weighted by Gasteiger charge is -2.46. The standard InChI is InChI=1S/C15H27NO11/c1-5(18)16-3-6-13(10(21)12(23)14(24-2)25-6)27-15-11(22)9(20)8(19)7(4-17)26-15/h6-15,17,19-23H,3-4H2,1-2H3,(H,16,18)/t6-,7-,8+,9+,10-,11-,12-,13+,14-,15-/m1/s1. The van der Waals surface area contributed by atoms with Gasteiger partial charge in [0.15, 0.2) is 12.6 Å². The fourth-order valence-corrected chi connectivity index (χ4v) is 3.01. The molecule has 0 aliphatic carbocycles. The molecule has 10 atom stereocenters. The van der Waals surface area contributed by atoms with Crippen molar-refractivity contribution < 1.29 is 54.4 Å². The van der Waals surface area contributed by atoms with Gasteiger partial charge in [0.05, 0.1) is 6.61 Å². The fraction of sp³-hybridized carbons (Fsp3) is 0.933. The van der Waals surface area contributed by atoms with Crippen LogP contribution >= 0.6 is 0 Å². The average Bonchev–Trinajstić information content (AvgIpc) is 2.64. The molecule has 0 radical (unpaired) electrons. The normalized spacial score (nSPS) is 45.5. The van der Waals surface area contributed by atoms with Gasteiger partial charge in [0.1, 0.15) is 48.8 Å². The van der Waals surface area contributed by atoms with Crippen LogP contribution < -0.4 is 5.32 Å². The first-order valence-electron chi connectivity index (χ1n) is 8.46. The van der Waals surface area contributed by atoms with Crippen LogP contribution in [0.1, 0.15) is 6.92 Å². The minimum Gasteiger partial charge on any atom is -0.394 e. The molecule has 2 rings (SSSR count). The molecule has 0 aromatic carbocycles. The molecular weight excluding hydrogens is 370 g/mol. The highest BCUT2D eigenvalue weighted by atomic mass is 16.7. The van der Waals surface area contributed by atoms with Crippen LogP contribution in [-0.4, -0.2) is 118 Å². The van der Waals surface area contributed by atoms with Gasteiger partial charge in [-0.2, -0.15) is 0 Å². The lowest BCUT2D eigenvalue weighted by molar-refractivity contribution is -0.354. The van der Waals surface area contributed by atoms with E-state index in [1.165, 1.54) is 14.0 Å². The van der Waals surface area contributed by atoms with Gasteiger partial charge >= 0.3 is 0 Å². The highest BCUT2D eigenvalue weighted by molar-refractivity contribution is 5.72. The van der Waals surface area contributed by atoms with E-state index in [1.54, 1.807) is 0 Å². The first-order chi connectivity index (χ1) is 12.7. The van der Waals surface area contributed by atoms with Crippen LogP contribution in [-0.2, 0) is 23.7 Å².